The van der Waals surface area contributed by atoms with Crippen LogP contribution in [0, 0.1) is 0 Å². The number of rotatable bonds is 7. The van der Waals surface area contributed by atoms with Crippen molar-refractivity contribution in [2.75, 3.05) is 18.6 Å². The molecule has 0 aliphatic heterocycles. The maximum absolute atomic E-state index is 13.4. The molecule has 3 rings (SSSR count). The summed E-state index contributed by atoms with van der Waals surface area (Å²) < 4.78 is 37.2. The van der Waals surface area contributed by atoms with Crippen LogP contribution in [0.5, 0.6) is 6.01 Å². The highest BCUT2D eigenvalue weighted by Gasteiger charge is 2.33. The topological polar surface area (TPSA) is 131 Å². The summed E-state index contributed by atoms with van der Waals surface area (Å²) in [5, 5.41) is 5.15. The molecule has 2 heterocycles. The molecule has 2 N–H and O–H groups in total. The number of halogens is 2. The summed E-state index contributed by atoms with van der Waals surface area (Å²) in [6.07, 6.45) is 7.63. The standard InChI is InChI=1S/C24H33F2N7O4/c1-23(2,3)37-22(35)32-16-6-8-17(9-7-16)33(21(34)31-14-24(4,25)26)19-13-27-18(12-28-19)15-10-29-20(36-5)30-11-15/h10-13,16-17H,6-9,14H2,1-5H3,(H,31,34)(H,32,35). The normalized spacial score (nSPS) is 18.0. The van der Waals surface area contributed by atoms with Crippen molar-refractivity contribution in [1.29, 1.82) is 0 Å². The lowest BCUT2D eigenvalue weighted by Gasteiger charge is -2.36. The predicted octanol–water partition coefficient (Wildman–Crippen LogP) is 3.95. The molecule has 0 aromatic carbocycles. The molecule has 1 fully saturated rings. The second kappa shape index (κ2) is 11.6. The van der Waals surface area contributed by atoms with Crippen LogP contribution in [0.15, 0.2) is 24.8 Å². The van der Waals surface area contributed by atoms with Gasteiger partial charge in [0.1, 0.15) is 5.60 Å². The fourth-order valence-electron chi connectivity index (χ4n) is 3.87. The van der Waals surface area contributed by atoms with Crippen LogP contribution in [-0.4, -0.2) is 69.3 Å². The number of hydrogen-bond donors (Lipinski definition) is 2. The van der Waals surface area contributed by atoms with E-state index >= 15 is 0 Å². The van der Waals surface area contributed by atoms with Crippen LogP contribution in [0.3, 0.4) is 0 Å². The van der Waals surface area contributed by atoms with Crippen molar-refractivity contribution in [1.82, 2.24) is 30.6 Å². The Morgan fingerprint density at radius 1 is 1.00 bits per heavy atom. The lowest BCUT2D eigenvalue weighted by atomic mass is 9.90. The Hall–Kier alpha value is -3.64. The third kappa shape index (κ3) is 8.46. The molecular formula is C24H33F2N7O4. The number of anilines is 1. The first-order valence-corrected chi connectivity index (χ1v) is 12.0. The van der Waals surface area contributed by atoms with Gasteiger partial charge >= 0.3 is 18.1 Å². The second-order valence-electron chi connectivity index (χ2n) is 9.97. The fourth-order valence-corrected chi connectivity index (χ4v) is 3.87. The van der Waals surface area contributed by atoms with Crippen molar-refractivity contribution in [3.63, 3.8) is 0 Å². The van der Waals surface area contributed by atoms with Crippen molar-refractivity contribution < 1.29 is 27.8 Å². The van der Waals surface area contributed by atoms with Crippen LogP contribution in [-0.2, 0) is 4.74 Å². The third-order valence-corrected chi connectivity index (χ3v) is 5.54. The molecule has 0 unspecified atom stereocenters. The van der Waals surface area contributed by atoms with E-state index in [2.05, 4.69) is 30.6 Å². The van der Waals surface area contributed by atoms with Gasteiger partial charge in [-0.3, -0.25) is 9.88 Å². The Morgan fingerprint density at radius 2 is 1.65 bits per heavy atom. The third-order valence-electron chi connectivity index (χ3n) is 5.54. The maximum atomic E-state index is 13.4. The van der Waals surface area contributed by atoms with Crippen LogP contribution in [0.2, 0.25) is 0 Å². The van der Waals surface area contributed by atoms with E-state index in [4.69, 9.17) is 9.47 Å². The van der Waals surface area contributed by atoms with E-state index in [0.29, 0.717) is 36.9 Å². The van der Waals surface area contributed by atoms with Crippen molar-refractivity contribution in [2.24, 2.45) is 0 Å². The van der Waals surface area contributed by atoms with Crippen molar-refractivity contribution in [3.05, 3.63) is 24.8 Å². The quantitative estimate of drug-likeness (QED) is 0.560. The van der Waals surface area contributed by atoms with Gasteiger partial charge in [0.2, 0.25) is 0 Å². The smallest absolute Gasteiger partial charge is 0.407 e. The highest BCUT2D eigenvalue weighted by molar-refractivity contribution is 5.91. The molecule has 11 nitrogen and oxygen atoms in total. The summed E-state index contributed by atoms with van der Waals surface area (Å²) >= 11 is 0. The highest BCUT2D eigenvalue weighted by Crippen LogP contribution is 2.28. The minimum absolute atomic E-state index is 0.125. The zero-order valence-electron chi connectivity index (χ0n) is 21.6. The van der Waals surface area contributed by atoms with E-state index < -0.39 is 30.2 Å². The van der Waals surface area contributed by atoms with Gasteiger partial charge in [0, 0.05) is 37.0 Å². The Morgan fingerprint density at radius 3 is 2.16 bits per heavy atom. The van der Waals surface area contributed by atoms with Crippen LogP contribution < -0.4 is 20.3 Å². The number of hydrogen-bond acceptors (Lipinski definition) is 8. The monoisotopic (exact) mass is 521 g/mol. The highest BCUT2D eigenvalue weighted by atomic mass is 19.3. The number of aromatic nitrogens is 4. The Kier molecular flexibility index (Phi) is 8.77. The number of nitrogens with zero attached hydrogens (tertiary/aromatic N) is 5. The lowest BCUT2D eigenvalue weighted by molar-refractivity contribution is 0.0254. The molecule has 202 valence electrons. The molecule has 3 amide bonds. The van der Waals surface area contributed by atoms with E-state index in [0.717, 1.165) is 6.92 Å². The van der Waals surface area contributed by atoms with E-state index in [1.165, 1.54) is 36.8 Å². The maximum Gasteiger partial charge on any atom is 0.407 e. The van der Waals surface area contributed by atoms with Gasteiger partial charge in [0.25, 0.3) is 5.92 Å². The van der Waals surface area contributed by atoms with Gasteiger partial charge in [-0.1, -0.05) is 0 Å². The molecule has 1 aliphatic rings. The summed E-state index contributed by atoms with van der Waals surface area (Å²) in [5.41, 5.74) is 0.452. The molecule has 1 saturated carbocycles. The van der Waals surface area contributed by atoms with Gasteiger partial charge in [0.05, 0.1) is 31.7 Å². The van der Waals surface area contributed by atoms with Gasteiger partial charge in [-0.2, -0.15) is 0 Å². The molecule has 13 heteroatoms. The fraction of sp³-hybridized carbons (Fsp3) is 0.583. The molecule has 1 aliphatic carbocycles. The first-order chi connectivity index (χ1) is 17.3. The van der Waals surface area contributed by atoms with Crippen LogP contribution in [0.1, 0.15) is 53.4 Å². The average Bonchev–Trinajstić information content (AvgIpc) is 2.83. The minimum atomic E-state index is -3.07. The molecule has 0 bridgehead atoms. The lowest BCUT2D eigenvalue weighted by Crippen LogP contribution is -2.52. The number of carbonyl (C=O) groups excluding carboxylic acids is 2. The number of amides is 3. The number of nitrogens with one attached hydrogen (secondary N) is 2. The summed E-state index contributed by atoms with van der Waals surface area (Å²) in [5.74, 6) is -2.85. The summed E-state index contributed by atoms with van der Waals surface area (Å²) in [4.78, 5) is 43.3. The van der Waals surface area contributed by atoms with Crippen molar-refractivity contribution >= 4 is 17.9 Å². The first-order valence-electron chi connectivity index (χ1n) is 12.0. The molecule has 0 radical (unpaired) electrons. The number of urea groups is 1. The molecule has 0 saturated heterocycles. The second-order valence-corrected chi connectivity index (χ2v) is 9.97. The Labute approximate surface area is 214 Å². The summed E-state index contributed by atoms with van der Waals surface area (Å²) in [6, 6.07) is -0.938. The van der Waals surface area contributed by atoms with E-state index in [9.17, 15) is 18.4 Å². The van der Waals surface area contributed by atoms with Crippen LogP contribution in [0.25, 0.3) is 11.3 Å². The van der Waals surface area contributed by atoms with Crippen LogP contribution in [0.4, 0.5) is 24.2 Å². The Balaban J connectivity index is 1.73. The van der Waals surface area contributed by atoms with Gasteiger partial charge in [-0.25, -0.2) is 33.3 Å². The zero-order valence-corrected chi connectivity index (χ0v) is 21.6. The SMILES string of the molecule is COc1ncc(-c2cnc(N(C(=O)NCC(C)(F)F)C3CCC(NC(=O)OC(C)(C)C)CC3)cn2)cn1. The predicted molar refractivity (Wildman–Crippen MR) is 132 cm³/mol. The first kappa shape index (κ1) is 27.9. The molecule has 0 atom stereocenters. The molecule has 2 aromatic rings. The number of alkyl halides is 2. The molecule has 2 aromatic heterocycles. The van der Waals surface area contributed by atoms with Crippen molar-refractivity contribution in [2.45, 2.75) is 77.0 Å². The molecule has 37 heavy (non-hydrogen) atoms. The van der Waals surface area contributed by atoms with E-state index in [-0.39, 0.29) is 23.9 Å². The van der Waals surface area contributed by atoms with E-state index in [1.807, 2.05) is 0 Å². The molecule has 0 spiro atoms. The number of methoxy groups -OCH3 is 1. The van der Waals surface area contributed by atoms with Gasteiger partial charge in [-0.05, 0) is 46.5 Å². The zero-order chi connectivity index (χ0) is 27.2. The number of carbonyl (C=O) groups is 2. The van der Waals surface area contributed by atoms with E-state index in [1.54, 1.807) is 20.8 Å². The number of ether oxygens (including phenoxy) is 2. The van der Waals surface area contributed by atoms with Gasteiger partial charge < -0.3 is 20.1 Å². The van der Waals surface area contributed by atoms with Gasteiger partial charge in [0.15, 0.2) is 5.82 Å². The van der Waals surface area contributed by atoms with Crippen molar-refractivity contribution in [3.8, 4) is 17.3 Å². The molecular weight excluding hydrogens is 488 g/mol. The number of alkyl carbamates (subject to hydrolysis) is 1. The largest absolute Gasteiger partial charge is 0.467 e. The average molecular weight is 522 g/mol. The minimum Gasteiger partial charge on any atom is -0.467 e. The van der Waals surface area contributed by atoms with Crippen LogP contribution >= 0.6 is 0 Å². The summed E-state index contributed by atoms with van der Waals surface area (Å²) in [7, 11) is 1.46. The van der Waals surface area contributed by atoms with Gasteiger partial charge in [-0.15, -0.1) is 0 Å². The Bertz CT molecular complexity index is 1050. The summed E-state index contributed by atoms with van der Waals surface area (Å²) in [6.45, 7) is 5.28.